The molecule has 0 aliphatic carbocycles. The smallest absolute Gasteiger partial charge is 0.132 e. The summed E-state index contributed by atoms with van der Waals surface area (Å²) in [4.78, 5) is 4.12. The molecule has 0 atom stereocenters. The fourth-order valence-electron chi connectivity index (χ4n) is 1.22. The molecule has 2 rings (SSSR count). The van der Waals surface area contributed by atoms with E-state index >= 15 is 0 Å². The summed E-state index contributed by atoms with van der Waals surface area (Å²) in [6.45, 7) is 0. The van der Waals surface area contributed by atoms with Crippen molar-refractivity contribution >= 4 is 28.9 Å². The number of pyridine rings is 1. The number of nitrogen functional groups attached to an aromatic ring is 1. The molecule has 3 nitrogen and oxygen atoms in total. The van der Waals surface area contributed by atoms with E-state index in [2.05, 4.69) is 10.3 Å². The topological polar surface area (TPSA) is 50.9 Å². The van der Waals surface area contributed by atoms with Crippen LogP contribution >= 0.6 is 11.6 Å². The monoisotopic (exact) mass is 219 g/mol. The molecular formula is C11H10ClN3. The van der Waals surface area contributed by atoms with Crippen molar-refractivity contribution in [2.75, 3.05) is 11.1 Å². The predicted molar refractivity (Wildman–Crippen MR) is 63.4 cm³/mol. The lowest BCUT2D eigenvalue weighted by molar-refractivity contribution is 1.32. The Morgan fingerprint density at radius 2 is 1.87 bits per heavy atom. The summed E-state index contributed by atoms with van der Waals surface area (Å²) in [7, 11) is 0. The first kappa shape index (κ1) is 9.80. The zero-order chi connectivity index (χ0) is 10.7. The predicted octanol–water partition coefficient (Wildman–Crippen LogP) is 3.06. The van der Waals surface area contributed by atoms with Gasteiger partial charge in [-0.15, -0.1) is 0 Å². The molecule has 0 aliphatic heterocycles. The molecule has 2 aromatic rings. The number of benzene rings is 1. The maximum absolute atomic E-state index is 5.99. The van der Waals surface area contributed by atoms with Gasteiger partial charge in [0.25, 0.3) is 0 Å². The molecule has 0 fully saturated rings. The number of nitrogens with one attached hydrogen (secondary N) is 1. The van der Waals surface area contributed by atoms with Gasteiger partial charge in [0, 0.05) is 0 Å². The lowest BCUT2D eigenvalue weighted by Crippen LogP contribution is -1.96. The maximum atomic E-state index is 5.99. The molecule has 0 bridgehead atoms. The summed E-state index contributed by atoms with van der Waals surface area (Å²) in [6.07, 6.45) is 0. The highest BCUT2D eigenvalue weighted by Gasteiger charge is 1.99. The van der Waals surface area contributed by atoms with E-state index in [-0.39, 0.29) is 0 Å². The first-order valence-electron chi connectivity index (χ1n) is 4.50. The Hall–Kier alpha value is -1.74. The van der Waals surface area contributed by atoms with Crippen molar-refractivity contribution < 1.29 is 0 Å². The second-order valence-corrected chi connectivity index (χ2v) is 3.46. The van der Waals surface area contributed by atoms with Crippen LogP contribution in [0.2, 0.25) is 5.02 Å². The van der Waals surface area contributed by atoms with Crippen molar-refractivity contribution in [2.24, 2.45) is 0 Å². The van der Waals surface area contributed by atoms with Crippen LogP contribution < -0.4 is 11.1 Å². The van der Waals surface area contributed by atoms with E-state index in [1.165, 1.54) is 0 Å². The number of aromatic nitrogens is 1. The van der Waals surface area contributed by atoms with Crippen molar-refractivity contribution in [1.82, 2.24) is 4.98 Å². The molecule has 76 valence electrons. The second kappa shape index (κ2) is 4.19. The van der Waals surface area contributed by atoms with E-state index in [1.54, 1.807) is 6.07 Å². The third-order valence-corrected chi connectivity index (χ3v) is 2.24. The lowest BCUT2D eigenvalue weighted by atomic mass is 10.3. The quantitative estimate of drug-likeness (QED) is 0.816. The average Bonchev–Trinajstić information content (AvgIpc) is 2.22. The van der Waals surface area contributed by atoms with Crippen LogP contribution in [-0.2, 0) is 0 Å². The van der Waals surface area contributed by atoms with Crippen LogP contribution in [0.25, 0.3) is 0 Å². The Balaban J connectivity index is 2.26. The minimum absolute atomic E-state index is 0.479. The van der Waals surface area contributed by atoms with Gasteiger partial charge in [-0.2, -0.15) is 0 Å². The molecule has 1 aromatic heterocycles. The van der Waals surface area contributed by atoms with Crippen LogP contribution in [-0.4, -0.2) is 4.98 Å². The van der Waals surface area contributed by atoms with Gasteiger partial charge in [-0.25, -0.2) is 4.98 Å². The van der Waals surface area contributed by atoms with Crippen LogP contribution in [0.4, 0.5) is 17.3 Å². The highest BCUT2D eigenvalue weighted by molar-refractivity contribution is 6.33. The van der Waals surface area contributed by atoms with E-state index in [4.69, 9.17) is 17.3 Å². The van der Waals surface area contributed by atoms with Gasteiger partial charge >= 0.3 is 0 Å². The van der Waals surface area contributed by atoms with Gasteiger partial charge in [0.1, 0.15) is 11.6 Å². The van der Waals surface area contributed by atoms with Gasteiger partial charge in [0.05, 0.1) is 10.7 Å². The molecule has 0 unspecified atom stereocenters. The summed E-state index contributed by atoms with van der Waals surface area (Å²) >= 11 is 5.99. The van der Waals surface area contributed by atoms with Crippen LogP contribution in [0.15, 0.2) is 42.5 Å². The number of para-hydroxylation sites is 1. The average molecular weight is 220 g/mol. The number of nitrogens with two attached hydrogens (primary N) is 1. The van der Waals surface area contributed by atoms with Gasteiger partial charge < -0.3 is 11.1 Å². The Labute approximate surface area is 92.9 Å². The van der Waals surface area contributed by atoms with Crippen molar-refractivity contribution in [1.29, 1.82) is 0 Å². The van der Waals surface area contributed by atoms with Crippen LogP contribution in [0, 0.1) is 0 Å². The van der Waals surface area contributed by atoms with E-state index in [0.717, 1.165) is 5.69 Å². The van der Waals surface area contributed by atoms with Crippen molar-refractivity contribution in [3.8, 4) is 0 Å². The molecule has 0 amide bonds. The Kier molecular flexibility index (Phi) is 2.74. The summed E-state index contributed by atoms with van der Waals surface area (Å²) in [5.41, 5.74) is 6.38. The molecule has 15 heavy (non-hydrogen) atoms. The Morgan fingerprint density at radius 1 is 1.07 bits per heavy atom. The summed E-state index contributed by atoms with van der Waals surface area (Å²) in [5.74, 6) is 1.16. The number of hydrogen-bond donors (Lipinski definition) is 2. The van der Waals surface area contributed by atoms with Gasteiger partial charge in [0.2, 0.25) is 0 Å². The first-order valence-corrected chi connectivity index (χ1v) is 4.87. The molecule has 0 aliphatic rings. The number of rotatable bonds is 2. The fraction of sp³-hybridized carbons (Fsp3) is 0. The van der Waals surface area contributed by atoms with Gasteiger partial charge in [-0.05, 0) is 24.3 Å². The minimum Gasteiger partial charge on any atom is -0.384 e. The fourth-order valence-corrected chi connectivity index (χ4v) is 1.40. The maximum Gasteiger partial charge on any atom is 0.132 e. The van der Waals surface area contributed by atoms with Gasteiger partial charge in [-0.1, -0.05) is 29.8 Å². The number of anilines is 3. The Morgan fingerprint density at radius 3 is 2.60 bits per heavy atom. The lowest BCUT2D eigenvalue weighted by Gasteiger charge is -2.07. The SMILES string of the molecule is Nc1cccc(Nc2ccccc2Cl)n1. The third-order valence-electron chi connectivity index (χ3n) is 1.91. The number of nitrogens with zero attached hydrogens (tertiary/aromatic N) is 1. The van der Waals surface area contributed by atoms with Crippen molar-refractivity contribution in [3.63, 3.8) is 0 Å². The zero-order valence-corrected chi connectivity index (χ0v) is 8.70. The van der Waals surface area contributed by atoms with Gasteiger partial charge in [-0.3, -0.25) is 0 Å². The summed E-state index contributed by atoms with van der Waals surface area (Å²) < 4.78 is 0. The molecule has 0 radical (unpaired) electrons. The van der Waals surface area contributed by atoms with Crippen molar-refractivity contribution in [3.05, 3.63) is 47.5 Å². The zero-order valence-electron chi connectivity index (χ0n) is 7.94. The minimum atomic E-state index is 0.479. The normalized spacial score (nSPS) is 9.93. The highest BCUT2D eigenvalue weighted by Crippen LogP contribution is 2.23. The Bertz CT molecular complexity index is 471. The number of halogens is 1. The van der Waals surface area contributed by atoms with E-state index in [9.17, 15) is 0 Å². The highest BCUT2D eigenvalue weighted by atomic mass is 35.5. The van der Waals surface area contributed by atoms with E-state index in [1.807, 2.05) is 36.4 Å². The molecule has 0 saturated heterocycles. The first-order chi connectivity index (χ1) is 7.25. The summed E-state index contributed by atoms with van der Waals surface area (Å²) in [5, 5.41) is 3.74. The molecular weight excluding hydrogens is 210 g/mol. The van der Waals surface area contributed by atoms with Crippen molar-refractivity contribution in [2.45, 2.75) is 0 Å². The summed E-state index contributed by atoms with van der Waals surface area (Å²) in [6, 6.07) is 12.9. The third kappa shape index (κ3) is 2.39. The van der Waals surface area contributed by atoms with Crippen LogP contribution in [0.5, 0.6) is 0 Å². The molecule has 1 aromatic carbocycles. The molecule has 1 heterocycles. The molecule has 3 N–H and O–H groups in total. The standard InChI is InChI=1S/C11H10ClN3/c12-8-4-1-2-5-9(8)14-11-7-3-6-10(13)15-11/h1-7H,(H3,13,14,15). The second-order valence-electron chi connectivity index (χ2n) is 3.05. The molecule has 0 spiro atoms. The molecule has 0 saturated carbocycles. The van der Waals surface area contributed by atoms with Gasteiger partial charge in [0.15, 0.2) is 0 Å². The van der Waals surface area contributed by atoms with E-state index in [0.29, 0.717) is 16.7 Å². The van der Waals surface area contributed by atoms with E-state index < -0.39 is 0 Å². The largest absolute Gasteiger partial charge is 0.384 e. The van der Waals surface area contributed by atoms with Crippen LogP contribution in [0.1, 0.15) is 0 Å². The molecule has 4 heteroatoms. The van der Waals surface area contributed by atoms with Crippen LogP contribution in [0.3, 0.4) is 0 Å². The number of hydrogen-bond acceptors (Lipinski definition) is 3.